The standard InChI is InChI=1S/C22H22N2O2/c1-15-4-6-17(7-5-15)16(2)24-22(25)20-9-8-19(14-21(20)26-3)18-10-12-23-13-11-18/h4-14,16H,1-3H3,(H,24,25). The highest BCUT2D eigenvalue weighted by atomic mass is 16.5. The quantitative estimate of drug-likeness (QED) is 0.737. The molecule has 1 N–H and O–H groups in total. The Morgan fingerprint density at radius 1 is 1.00 bits per heavy atom. The largest absolute Gasteiger partial charge is 0.496 e. The van der Waals surface area contributed by atoms with Gasteiger partial charge in [-0.1, -0.05) is 35.9 Å². The van der Waals surface area contributed by atoms with Gasteiger partial charge in [-0.15, -0.1) is 0 Å². The fourth-order valence-electron chi connectivity index (χ4n) is 2.82. The Bertz CT molecular complexity index is 890. The molecule has 4 nitrogen and oxygen atoms in total. The average Bonchev–Trinajstić information content (AvgIpc) is 2.68. The van der Waals surface area contributed by atoms with Gasteiger partial charge in [0.25, 0.3) is 5.91 Å². The topological polar surface area (TPSA) is 51.2 Å². The zero-order valence-electron chi connectivity index (χ0n) is 15.2. The molecule has 0 saturated heterocycles. The average molecular weight is 346 g/mol. The Kier molecular flexibility index (Phi) is 5.32. The van der Waals surface area contributed by atoms with Crippen molar-refractivity contribution >= 4 is 5.91 Å². The zero-order valence-corrected chi connectivity index (χ0v) is 15.2. The third-order valence-electron chi connectivity index (χ3n) is 4.38. The van der Waals surface area contributed by atoms with Crippen LogP contribution in [0.25, 0.3) is 11.1 Å². The fourth-order valence-corrected chi connectivity index (χ4v) is 2.82. The normalized spacial score (nSPS) is 11.7. The number of hydrogen-bond acceptors (Lipinski definition) is 3. The first-order valence-corrected chi connectivity index (χ1v) is 8.54. The van der Waals surface area contributed by atoms with E-state index in [1.165, 1.54) is 5.56 Å². The van der Waals surface area contributed by atoms with E-state index in [-0.39, 0.29) is 11.9 Å². The summed E-state index contributed by atoms with van der Waals surface area (Å²) in [5.74, 6) is 0.393. The minimum Gasteiger partial charge on any atom is -0.496 e. The molecule has 1 unspecified atom stereocenters. The number of carbonyl (C=O) groups is 1. The molecule has 3 aromatic rings. The molecule has 0 fully saturated rings. The number of amides is 1. The molecule has 1 atom stereocenters. The molecule has 0 aliphatic rings. The highest BCUT2D eigenvalue weighted by molar-refractivity contribution is 5.97. The van der Waals surface area contributed by atoms with Crippen molar-refractivity contribution < 1.29 is 9.53 Å². The minimum absolute atomic E-state index is 0.0901. The SMILES string of the molecule is COc1cc(-c2ccncc2)ccc1C(=O)NC(C)c1ccc(C)cc1. The van der Waals surface area contributed by atoms with Gasteiger partial charge >= 0.3 is 0 Å². The number of carbonyl (C=O) groups excluding carboxylic acids is 1. The Balaban J connectivity index is 1.81. The zero-order chi connectivity index (χ0) is 18.5. The molecule has 0 aliphatic heterocycles. The summed E-state index contributed by atoms with van der Waals surface area (Å²) in [5.41, 5.74) is 4.78. The maximum Gasteiger partial charge on any atom is 0.255 e. The predicted molar refractivity (Wildman–Crippen MR) is 103 cm³/mol. The highest BCUT2D eigenvalue weighted by Gasteiger charge is 2.16. The maximum absolute atomic E-state index is 12.7. The van der Waals surface area contributed by atoms with Gasteiger partial charge in [-0.25, -0.2) is 0 Å². The van der Waals surface area contributed by atoms with Crippen LogP contribution in [-0.2, 0) is 0 Å². The van der Waals surface area contributed by atoms with Crippen molar-refractivity contribution in [3.8, 4) is 16.9 Å². The number of nitrogens with zero attached hydrogens (tertiary/aromatic N) is 1. The molecule has 26 heavy (non-hydrogen) atoms. The summed E-state index contributed by atoms with van der Waals surface area (Å²) in [6.45, 7) is 4.02. The third-order valence-corrected chi connectivity index (χ3v) is 4.38. The molecular weight excluding hydrogens is 324 g/mol. The number of methoxy groups -OCH3 is 1. The van der Waals surface area contributed by atoms with Gasteiger partial charge in [0.15, 0.2) is 0 Å². The van der Waals surface area contributed by atoms with E-state index < -0.39 is 0 Å². The van der Waals surface area contributed by atoms with Crippen molar-refractivity contribution in [2.45, 2.75) is 19.9 Å². The summed E-state index contributed by atoms with van der Waals surface area (Å²) in [4.78, 5) is 16.8. The molecule has 1 aromatic heterocycles. The van der Waals surface area contributed by atoms with E-state index in [0.717, 1.165) is 16.7 Å². The van der Waals surface area contributed by atoms with E-state index in [1.54, 1.807) is 25.6 Å². The van der Waals surface area contributed by atoms with E-state index in [2.05, 4.69) is 10.3 Å². The lowest BCUT2D eigenvalue weighted by Gasteiger charge is -2.16. The Hall–Kier alpha value is -3.14. The molecule has 4 heteroatoms. The van der Waals surface area contributed by atoms with Gasteiger partial charge in [-0.05, 0) is 54.8 Å². The molecule has 0 spiro atoms. The summed E-state index contributed by atoms with van der Waals surface area (Å²) in [5, 5.41) is 3.04. The van der Waals surface area contributed by atoms with E-state index in [9.17, 15) is 4.79 Å². The van der Waals surface area contributed by atoms with Crippen molar-refractivity contribution in [2.24, 2.45) is 0 Å². The highest BCUT2D eigenvalue weighted by Crippen LogP contribution is 2.27. The number of rotatable bonds is 5. The molecule has 3 rings (SSSR count). The molecule has 132 valence electrons. The minimum atomic E-state index is -0.156. The summed E-state index contributed by atoms with van der Waals surface area (Å²) in [6.07, 6.45) is 3.48. The second kappa shape index (κ2) is 7.83. The molecule has 1 amide bonds. The first-order valence-electron chi connectivity index (χ1n) is 8.54. The number of benzene rings is 2. The van der Waals surface area contributed by atoms with Crippen molar-refractivity contribution in [1.82, 2.24) is 10.3 Å². The van der Waals surface area contributed by atoms with E-state index in [4.69, 9.17) is 4.74 Å². The van der Waals surface area contributed by atoms with Crippen LogP contribution >= 0.6 is 0 Å². The fraction of sp³-hybridized carbons (Fsp3) is 0.182. The molecule has 0 saturated carbocycles. The number of aryl methyl sites for hydroxylation is 1. The van der Waals surface area contributed by atoms with Gasteiger partial charge < -0.3 is 10.1 Å². The molecule has 0 aliphatic carbocycles. The summed E-state index contributed by atoms with van der Waals surface area (Å²) in [7, 11) is 1.58. The van der Waals surface area contributed by atoms with Crippen LogP contribution in [0, 0.1) is 6.92 Å². The van der Waals surface area contributed by atoms with Gasteiger partial charge in [0, 0.05) is 12.4 Å². The van der Waals surface area contributed by atoms with Crippen LogP contribution in [0.15, 0.2) is 67.0 Å². The number of pyridine rings is 1. The smallest absolute Gasteiger partial charge is 0.255 e. The van der Waals surface area contributed by atoms with Crippen molar-refractivity contribution in [2.75, 3.05) is 7.11 Å². The molecular formula is C22H22N2O2. The van der Waals surface area contributed by atoms with Gasteiger partial charge in [0.1, 0.15) is 5.75 Å². The van der Waals surface area contributed by atoms with Gasteiger partial charge in [-0.2, -0.15) is 0 Å². The van der Waals surface area contributed by atoms with Crippen LogP contribution in [0.2, 0.25) is 0 Å². The molecule has 2 aromatic carbocycles. The second-order valence-corrected chi connectivity index (χ2v) is 6.26. The van der Waals surface area contributed by atoms with Crippen LogP contribution in [0.5, 0.6) is 5.75 Å². The van der Waals surface area contributed by atoms with Crippen LogP contribution in [0.3, 0.4) is 0 Å². The Morgan fingerprint density at radius 2 is 1.69 bits per heavy atom. The summed E-state index contributed by atoms with van der Waals surface area (Å²) in [6, 6.07) is 17.5. The van der Waals surface area contributed by atoms with Crippen molar-refractivity contribution in [1.29, 1.82) is 0 Å². The first-order chi connectivity index (χ1) is 12.6. The van der Waals surface area contributed by atoms with Crippen LogP contribution in [0.1, 0.15) is 34.5 Å². The monoisotopic (exact) mass is 346 g/mol. The summed E-state index contributed by atoms with van der Waals surface area (Å²) < 4.78 is 5.46. The van der Waals surface area contributed by atoms with Crippen molar-refractivity contribution in [3.63, 3.8) is 0 Å². The van der Waals surface area contributed by atoms with E-state index >= 15 is 0 Å². The van der Waals surface area contributed by atoms with Crippen molar-refractivity contribution in [3.05, 3.63) is 83.7 Å². The predicted octanol–water partition coefficient (Wildman–Crippen LogP) is 4.56. The third kappa shape index (κ3) is 3.91. The lowest BCUT2D eigenvalue weighted by Crippen LogP contribution is -2.27. The van der Waals surface area contributed by atoms with E-state index in [1.807, 2.05) is 62.4 Å². The number of nitrogens with one attached hydrogen (secondary N) is 1. The second-order valence-electron chi connectivity index (χ2n) is 6.26. The Labute approximate surface area is 153 Å². The van der Waals surface area contributed by atoms with Gasteiger partial charge in [-0.3, -0.25) is 9.78 Å². The summed E-state index contributed by atoms with van der Waals surface area (Å²) >= 11 is 0. The Morgan fingerprint density at radius 3 is 2.35 bits per heavy atom. The molecule has 1 heterocycles. The number of hydrogen-bond donors (Lipinski definition) is 1. The lowest BCUT2D eigenvalue weighted by molar-refractivity contribution is 0.0937. The first kappa shape index (κ1) is 17.7. The maximum atomic E-state index is 12.7. The van der Waals surface area contributed by atoms with Crippen LogP contribution in [-0.4, -0.2) is 18.0 Å². The van der Waals surface area contributed by atoms with Crippen LogP contribution in [0.4, 0.5) is 0 Å². The van der Waals surface area contributed by atoms with E-state index in [0.29, 0.717) is 11.3 Å². The van der Waals surface area contributed by atoms with Crippen LogP contribution < -0.4 is 10.1 Å². The lowest BCUT2D eigenvalue weighted by atomic mass is 10.0. The number of aromatic nitrogens is 1. The van der Waals surface area contributed by atoms with Gasteiger partial charge in [0.2, 0.25) is 0 Å². The number of ether oxygens (including phenoxy) is 1. The molecule has 0 bridgehead atoms. The van der Waals surface area contributed by atoms with Gasteiger partial charge in [0.05, 0.1) is 18.7 Å². The molecule has 0 radical (unpaired) electrons.